The summed E-state index contributed by atoms with van der Waals surface area (Å²) in [5.41, 5.74) is 4.02. The molecule has 4 nitrogen and oxygen atoms in total. The second-order valence-corrected chi connectivity index (χ2v) is 3.05. The fourth-order valence-electron chi connectivity index (χ4n) is 1.17. The van der Waals surface area contributed by atoms with Crippen LogP contribution in [0.15, 0.2) is 23.2 Å². The molecule has 0 heterocycles. The normalized spacial score (nSPS) is 11.3. The molecule has 0 radical (unpaired) electrons. The topological polar surface area (TPSA) is 62.4 Å². The van der Waals surface area contributed by atoms with Crippen LogP contribution in [0.25, 0.3) is 0 Å². The molecule has 0 atom stereocenters. The van der Waals surface area contributed by atoms with Crippen molar-refractivity contribution in [2.24, 2.45) is 10.8 Å². The van der Waals surface area contributed by atoms with Crippen LogP contribution >= 0.6 is 0 Å². The van der Waals surface area contributed by atoms with E-state index in [0.717, 1.165) is 11.3 Å². The highest BCUT2D eigenvalue weighted by Crippen LogP contribution is 2.15. The highest BCUT2D eigenvalue weighted by Gasteiger charge is 2.01. The number of hydrazine groups is 1. The molecule has 0 unspecified atom stereocenters. The van der Waals surface area contributed by atoms with Crippen LogP contribution in [-0.4, -0.2) is 12.5 Å². The molecule has 0 saturated heterocycles. The number of aryl methyl sites for hydroxylation is 1. The van der Waals surface area contributed by atoms with E-state index in [1.807, 2.05) is 13.8 Å². The molecular weight excluding hydrogens is 195 g/mol. The van der Waals surface area contributed by atoms with Crippen molar-refractivity contribution in [3.63, 3.8) is 0 Å². The Kier molecular flexibility index (Phi) is 4.05. The zero-order valence-electron chi connectivity index (χ0n) is 8.84. The summed E-state index contributed by atoms with van der Waals surface area (Å²) in [5, 5.41) is 2.97. The van der Waals surface area contributed by atoms with Crippen LogP contribution in [0.3, 0.4) is 0 Å². The SMILES string of the molecule is CCN=C(NN)Nc1ccc(F)cc1C. The van der Waals surface area contributed by atoms with Gasteiger partial charge in [0.05, 0.1) is 0 Å². The lowest BCUT2D eigenvalue weighted by Crippen LogP contribution is -2.36. The van der Waals surface area contributed by atoms with Crippen molar-refractivity contribution >= 4 is 11.6 Å². The van der Waals surface area contributed by atoms with Gasteiger partial charge in [-0.2, -0.15) is 0 Å². The van der Waals surface area contributed by atoms with Crippen molar-refractivity contribution in [1.29, 1.82) is 0 Å². The van der Waals surface area contributed by atoms with E-state index in [0.29, 0.717) is 12.5 Å². The number of nitrogens with two attached hydrogens (primary N) is 1. The summed E-state index contributed by atoms with van der Waals surface area (Å²) in [6.45, 7) is 4.33. The van der Waals surface area contributed by atoms with Crippen molar-refractivity contribution in [1.82, 2.24) is 5.43 Å². The van der Waals surface area contributed by atoms with Gasteiger partial charge in [-0.05, 0) is 37.6 Å². The Morgan fingerprint density at radius 2 is 2.27 bits per heavy atom. The third kappa shape index (κ3) is 3.21. The predicted molar refractivity (Wildman–Crippen MR) is 60.1 cm³/mol. The van der Waals surface area contributed by atoms with Gasteiger partial charge in [0.2, 0.25) is 5.96 Å². The lowest BCUT2D eigenvalue weighted by molar-refractivity contribution is 0.627. The van der Waals surface area contributed by atoms with Crippen molar-refractivity contribution in [3.8, 4) is 0 Å². The van der Waals surface area contributed by atoms with Gasteiger partial charge in [-0.1, -0.05) is 0 Å². The number of halogens is 1. The summed E-state index contributed by atoms with van der Waals surface area (Å²) in [6.07, 6.45) is 0. The zero-order chi connectivity index (χ0) is 11.3. The molecule has 0 saturated carbocycles. The van der Waals surface area contributed by atoms with Gasteiger partial charge in [0.25, 0.3) is 0 Å². The van der Waals surface area contributed by atoms with E-state index >= 15 is 0 Å². The molecule has 0 aliphatic carbocycles. The van der Waals surface area contributed by atoms with Crippen molar-refractivity contribution in [2.45, 2.75) is 13.8 Å². The molecule has 1 aromatic rings. The minimum Gasteiger partial charge on any atom is -0.325 e. The number of benzene rings is 1. The Morgan fingerprint density at radius 3 is 2.80 bits per heavy atom. The molecular formula is C10H15FN4. The average Bonchev–Trinajstić information content (AvgIpc) is 2.21. The second kappa shape index (κ2) is 5.31. The van der Waals surface area contributed by atoms with Crippen molar-refractivity contribution in [2.75, 3.05) is 11.9 Å². The first-order valence-corrected chi connectivity index (χ1v) is 4.71. The maximum atomic E-state index is 12.8. The molecule has 4 N–H and O–H groups in total. The number of aliphatic imine (C=N–C) groups is 1. The molecule has 5 heteroatoms. The highest BCUT2D eigenvalue weighted by atomic mass is 19.1. The molecule has 0 aliphatic rings. The Labute approximate surface area is 88.4 Å². The lowest BCUT2D eigenvalue weighted by Gasteiger charge is -2.11. The number of anilines is 1. The predicted octanol–water partition coefficient (Wildman–Crippen LogP) is 1.39. The van der Waals surface area contributed by atoms with E-state index in [4.69, 9.17) is 5.84 Å². The first kappa shape index (κ1) is 11.5. The van der Waals surface area contributed by atoms with E-state index in [1.54, 1.807) is 6.07 Å². The van der Waals surface area contributed by atoms with E-state index in [1.165, 1.54) is 12.1 Å². The van der Waals surface area contributed by atoms with Crippen LogP contribution in [0.2, 0.25) is 0 Å². The molecule has 0 spiro atoms. The summed E-state index contributed by atoms with van der Waals surface area (Å²) in [7, 11) is 0. The van der Waals surface area contributed by atoms with Gasteiger partial charge in [0.15, 0.2) is 0 Å². The summed E-state index contributed by atoms with van der Waals surface area (Å²) in [6, 6.07) is 4.48. The Balaban J connectivity index is 2.84. The number of nitrogens with one attached hydrogen (secondary N) is 2. The number of hydrogen-bond donors (Lipinski definition) is 3. The third-order valence-corrected chi connectivity index (χ3v) is 1.89. The molecule has 0 aliphatic heterocycles. The van der Waals surface area contributed by atoms with Gasteiger partial charge in [0, 0.05) is 12.2 Å². The molecule has 0 fully saturated rings. The summed E-state index contributed by atoms with van der Waals surface area (Å²) < 4.78 is 12.8. The summed E-state index contributed by atoms with van der Waals surface area (Å²) >= 11 is 0. The molecule has 1 aromatic carbocycles. The highest BCUT2D eigenvalue weighted by molar-refractivity contribution is 5.93. The third-order valence-electron chi connectivity index (χ3n) is 1.89. The smallest absolute Gasteiger partial charge is 0.210 e. The molecule has 0 bridgehead atoms. The monoisotopic (exact) mass is 210 g/mol. The van der Waals surface area contributed by atoms with Gasteiger partial charge >= 0.3 is 0 Å². The fourth-order valence-corrected chi connectivity index (χ4v) is 1.17. The van der Waals surface area contributed by atoms with Gasteiger partial charge < -0.3 is 5.32 Å². The van der Waals surface area contributed by atoms with Gasteiger partial charge in [-0.25, -0.2) is 10.2 Å². The number of nitrogens with zero attached hydrogens (tertiary/aromatic N) is 1. The number of rotatable bonds is 2. The summed E-state index contributed by atoms with van der Waals surface area (Å²) in [5.74, 6) is 5.48. The average molecular weight is 210 g/mol. The first-order chi connectivity index (χ1) is 7.17. The maximum absolute atomic E-state index is 12.8. The minimum absolute atomic E-state index is 0.257. The standard InChI is InChI=1S/C10H15FN4/c1-3-13-10(15-12)14-9-5-4-8(11)6-7(9)2/h4-6H,3,12H2,1-2H3,(H2,13,14,15). The van der Waals surface area contributed by atoms with Crippen LogP contribution in [0.4, 0.5) is 10.1 Å². The van der Waals surface area contributed by atoms with Gasteiger partial charge in [-0.3, -0.25) is 10.4 Å². The van der Waals surface area contributed by atoms with E-state index < -0.39 is 0 Å². The zero-order valence-corrected chi connectivity index (χ0v) is 8.84. The minimum atomic E-state index is -0.257. The van der Waals surface area contributed by atoms with E-state index in [9.17, 15) is 4.39 Å². The first-order valence-electron chi connectivity index (χ1n) is 4.71. The molecule has 15 heavy (non-hydrogen) atoms. The van der Waals surface area contributed by atoms with Crippen molar-refractivity contribution < 1.29 is 4.39 Å². The van der Waals surface area contributed by atoms with Crippen LogP contribution in [0.1, 0.15) is 12.5 Å². The van der Waals surface area contributed by atoms with Gasteiger partial charge in [-0.15, -0.1) is 0 Å². The number of hydrogen-bond acceptors (Lipinski definition) is 2. The maximum Gasteiger partial charge on any atom is 0.210 e. The molecule has 82 valence electrons. The second-order valence-electron chi connectivity index (χ2n) is 3.05. The largest absolute Gasteiger partial charge is 0.325 e. The van der Waals surface area contributed by atoms with Crippen LogP contribution in [-0.2, 0) is 0 Å². The van der Waals surface area contributed by atoms with Crippen LogP contribution in [0, 0.1) is 12.7 Å². The van der Waals surface area contributed by atoms with E-state index in [-0.39, 0.29) is 5.82 Å². The Bertz CT molecular complexity index is 362. The lowest BCUT2D eigenvalue weighted by atomic mass is 10.2. The van der Waals surface area contributed by atoms with Crippen molar-refractivity contribution in [3.05, 3.63) is 29.6 Å². The van der Waals surface area contributed by atoms with Gasteiger partial charge in [0.1, 0.15) is 5.82 Å². The van der Waals surface area contributed by atoms with Crippen LogP contribution in [0.5, 0.6) is 0 Å². The molecule has 1 rings (SSSR count). The number of guanidine groups is 1. The Hall–Kier alpha value is -1.62. The summed E-state index contributed by atoms with van der Waals surface area (Å²) in [4.78, 5) is 4.08. The quantitative estimate of drug-likeness (QED) is 0.299. The molecule has 0 aromatic heterocycles. The molecule has 0 amide bonds. The van der Waals surface area contributed by atoms with Crippen LogP contribution < -0.4 is 16.6 Å². The van der Waals surface area contributed by atoms with E-state index in [2.05, 4.69) is 15.7 Å². The Morgan fingerprint density at radius 1 is 1.53 bits per heavy atom. The fraction of sp³-hybridized carbons (Fsp3) is 0.300.